The molecule has 0 aliphatic heterocycles. The van der Waals surface area contributed by atoms with E-state index in [9.17, 15) is 0 Å². The molecule has 5 nitrogen and oxygen atoms in total. The number of unbranched alkanes of at least 4 members (excludes halogenated alkanes) is 3. The molecule has 3 aromatic heterocycles. The molecule has 6 heteroatoms. The maximum Gasteiger partial charge on any atom is 2.00 e. The zero-order valence-corrected chi connectivity index (χ0v) is 34.9. The molecule has 3 heterocycles. The van der Waals surface area contributed by atoms with Crippen molar-refractivity contribution in [2.24, 2.45) is 0 Å². The summed E-state index contributed by atoms with van der Waals surface area (Å²) in [5.74, 6) is 2.14. The number of fused-ring (bicyclic) bond motifs is 3. The second-order valence-electron chi connectivity index (χ2n) is 15.3. The van der Waals surface area contributed by atoms with Crippen LogP contribution >= 0.6 is 0 Å². The predicted molar refractivity (Wildman–Crippen MR) is 220 cm³/mol. The van der Waals surface area contributed by atoms with Crippen molar-refractivity contribution in [3.63, 3.8) is 0 Å². The normalized spacial score (nSPS) is 11.7. The number of nitrogens with zero attached hydrogens (tertiary/aromatic N) is 4. The van der Waals surface area contributed by atoms with Gasteiger partial charge in [-0.25, -0.2) is 4.98 Å². The molecule has 0 fully saturated rings. The smallest absolute Gasteiger partial charge is 0.509 e. The van der Waals surface area contributed by atoms with Crippen LogP contribution < -0.4 is 4.74 Å². The molecule has 54 heavy (non-hydrogen) atoms. The first-order chi connectivity index (χ1) is 25.8. The van der Waals surface area contributed by atoms with Gasteiger partial charge in [0.2, 0.25) is 0 Å². The van der Waals surface area contributed by atoms with Gasteiger partial charge in [-0.1, -0.05) is 122 Å². The van der Waals surface area contributed by atoms with Gasteiger partial charge in [0.05, 0.1) is 5.69 Å². The second-order valence-corrected chi connectivity index (χ2v) is 15.3. The van der Waals surface area contributed by atoms with Gasteiger partial charge in [0.25, 0.3) is 0 Å². The van der Waals surface area contributed by atoms with E-state index in [1.165, 1.54) is 59.0 Å². The minimum absolute atomic E-state index is 0. The number of benzene rings is 4. The van der Waals surface area contributed by atoms with Gasteiger partial charge in [-0.2, -0.15) is 17.2 Å². The van der Waals surface area contributed by atoms with Gasteiger partial charge < -0.3 is 9.30 Å². The Labute approximate surface area is 336 Å². The van der Waals surface area contributed by atoms with Crippen LogP contribution in [0.25, 0.3) is 44.4 Å². The minimum Gasteiger partial charge on any atom is -0.509 e. The first kappa shape index (κ1) is 39.2. The van der Waals surface area contributed by atoms with Crippen molar-refractivity contribution in [2.45, 2.75) is 105 Å². The van der Waals surface area contributed by atoms with Crippen molar-refractivity contribution in [2.75, 3.05) is 0 Å². The monoisotopic (exact) mass is 895 g/mol. The van der Waals surface area contributed by atoms with Gasteiger partial charge in [-0.05, 0) is 77.1 Å². The summed E-state index contributed by atoms with van der Waals surface area (Å²) in [7, 11) is 0. The molecule has 4 aromatic carbocycles. The maximum absolute atomic E-state index is 6.60. The molecule has 0 unspecified atom stereocenters. The molecule has 0 N–H and O–H groups in total. The van der Waals surface area contributed by atoms with Gasteiger partial charge in [0, 0.05) is 34.5 Å². The van der Waals surface area contributed by atoms with Crippen molar-refractivity contribution >= 4 is 21.8 Å². The first-order valence-electron chi connectivity index (χ1n) is 19.6. The SMILES string of the molecule is CCCCCCc1ccc2c(c1)c1ccc(Oc3[c-]c(-n4nc(CCC)c(-c5ccccc5)c4CCC)ccc3)[c-]c1n2-c1cc(C(C)(C)C)ccn1.[Pt+2]. The average molecular weight is 896 g/mol. The summed E-state index contributed by atoms with van der Waals surface area (Å²) in [4.78, 5) is 4.90. The van der Waals surface area contributed by atoms with E-state index in [1.807, 2.05) is 24.4 Å². The first-order valence-corrected chi connectivity index (χ1v) is 19.6. The molecule has 0 radical (unpaired) electrons. The molecule has 0 aliphatic rings. The summed E-state index contributed by atoms with van der Waals surface area (Å²) >= 11 is 0. The molecular formula is C48H52N4OPt. The topological polar surface area (TPSA) is 44.9 Å². The molecule has 0 amide bonds. The Morgan fingerprint density at radius 1 is 0.704 bits per heavy atom. The minimum atomic E-state index is -0.00826. The van der Waals surface area contributed by atoms with Crippen LogP contribution in [-0.2, 0) is 45.7 Å². The van der Waals surface area contributed by atoms with E-state index in [4.69, 9.17) is 14.8 Å². The van der Waals surface area contributed by atoms with Crippen LogP contribution in [0.4, 0.5) is 0 Å². The van der Waals surface area contributed by atoms with E-state index >= 15 is 0 Å². The Hall–Kier alpha value is -4.47. The summed E-state index contributed by atoms with van der Waals surface area (Å²) in [5.41, 5.74) is 10.3. The fourth-order valence-electron chi connectivity index (χ4n) is 7.45. The number of rotatable bonds is 14. The number of aromatic nitrogens is 4. The van der Waals surface area contributed by atoms with Crippen molar-refractivity contribution in [3.8, 4) is 34.1 Å². The van der Waals surface area contributed by atoms with Crippen LogP contribution in [0.5, 0.6) is 11.5 Å². The molecule has 0 bridgehead atoms. The molecule has 0 spiro atoms. The van der Waals surface area contributed by atoms with Crippen molar-refractivity contribution in [1.29, 1.82) is 0 Å². The number of pyridine rings is 1. The number of aryl methyl sites for hydroxylation is 2. The summed E-state index contributed by atoms with van der Waals surface area (Å²) in [6, 6.07) is 39.4. The van der Waals surface area contributed by atoms with Crippen molar-refractivity contribution < 1.29 is 25.8 Å². The quantitative estimate of drug-likeness (QED) is 0.0807. The van der Waals surface area contributed by atoms with Crippen LogP contribution in [0.2, 0.25) is 0 Å². The van der Waals surface area contributed by atoms with Crippen LogP contribution in [0.15, 0.2) is 97.2 Å². The fourth-order valence-corrected chi connectivity index (χ4v) is 7.45. The molecule has 0 atom stereocenters. The van der Waals surface area contributed by atoms with Gasteiger partial charge in [-0.15, -0.1) is 35.7 Å². The standard InChI is InChI=1S/C48H52N4O.Pt/c1-7-10-11-13-19-34-24-27-43-41(30-34)40-26-25-39(33-45(40)51(43)46-31-36(28-29-49-46)48(4,5)6)53-38-23-16-22-37(32-38)52-44(18-9-3)47(42(50-52)17-8-2)35-20-14-12-15-21-35;/h12,14-16,20-31H,7-11,13,17-19H2,1-6H3;/q-2;+2. The summed E-state index contributed by atoms with van der Waals surface area (Å²) in [5, 5.41) is 7.55. The van der Waals surface area contributed by atoms with Gasteiger partial charge in [0.1, 0.15) is 5.82 Å². The van der Waals surface area contributed by atoms with Crippen LogP contribution in [0, 0.1) is 12.1 Å². The Balaban J connectivity index is 0.00000497. The summed E-state index contributed by atoms with van der Waals surface area (Å²) in [6.07, 6.45) is 11.9. The van der Waals surface area contributed by atoms with Gasteiger partial charge in [0.15, 0.2) is 0 Å². The Bertz CT molecular complexity index is 2330. The molecule has 0 saturated carbocycles. The van der Waals surface area contributed by atoms with Gasteiger partial charge >= 0.3 is 21.1 Å². The summed E-state index contributed by atoms with van der Waals surface area (Å²) in [6.45, 7) is 13.4. The maximum atomic E-state index is 6.60. The molecule has 7 aromatic rings. The van der Waals surface area contributed by atoms with E-state index in [0.29, 0.717) is 11.5 Å². The van der Waals surface area contributed by atoms with Crippen LogP contribution in [0.3, 0.4) is 0 Å². The third-order valence-corrected chi connectivity index (χ3v) is 10.2. The van der Waals surface area contributed by atoms with Crippen LogP contribution in [0.1, 0.15) is 103 Å². The molecular weight excluding hydrogens is 844 g/mol. The van der Waals surface area contributed by atoms with E-state index in [1.54, 1.807) is 0 Å². The summed E-state index contributed by atoms with van der Waals surface area (Å²) < 4.78 is 10.9. The van der Waals surface area contributed by atoms with Crippen LogP contribution in [-0.4, -0.2) is 19.3 Å². The van der Waals surface area contributed by atoms with E-state index in [-0.39, 0.29) is 26.5 Å². The molecule has 280 valence electrons. The van der Waals surface area contributed by atoms with E-state index in [2.05, 4.69) is 136 Å². The Kier molecular flexibility index (Phi) is 12.6. The number of hydrogen-bond donors (Lipinski definition) is 0. The fraction of sp³-hybridized carbons (Fsp3) is 0.333. The zero-order valence-electron chi connectivity index (χ0n) is 32.6. The second kappa shape index (κ2) is 17.3. The number of hydrogen-bond acceptors (Lipinski definition) is 3. The van der Waals surface area contributed by atoms with Crippen molar-refractivity contribution in [3.05, 3.63) is 132 Å². The Morgan fingerprint density at radius 3 is 2.26 bits per heavy atom. The molecule has 0 saturated heterocycles. The third-order valence-electron chi connectivity index (χ3n) is 10.2. The molecule has 7 rings (SSSR count). The average Bonchev–Trinajstić information content (AvgIpc) is 3.68. The zero-order chi connectivity index (χ0) is 37.0. The van der Waals surface area contributed by atoms with E-state index in [0.717, 1.165) is 65.7 Å². The largest absolute Gasteiger partial charge is 2.00 e. The van der Waals surface area contributed by atoms with Gasteiger partial charge in [-0.3, -0.25) is 4.68 Å². The van der Waals surface area contributed by atoms with E-state index < -0.39 is 0 Å². The Morgan fingerprint density at radius 2 is 1.50 bits per heavy atom. The molecule has 0 aliphatic carbocycles. The number of ether oxygens (including phenoxy) is 1. The predicted octanol–water partition coefficient (Wildman–Crippen LogP) is 12.7. The van der Waals surface area contributed by atoms with Crippen molar-refractivity contribution in [1.82, 2.24) is 19.3 Å². The third kappa shape index (κ3) is 8.27.